The van der Waals surface area contributed by atoms with Crippen LogP contribution in [0.1, 0.15) is 27.6 Å². The Morgan fingerprint density at radius 3 is 2.17 bits per heavy atom. The van der Waals surface area contributed by atoms with Crippen molar-refractivity contribution in [2.45, 2.75) is 6.92 Å². The lowest BCUT2D eigenvalue weighted by Gasteiger charge is -2.08. The molecular weight excluding hydrogens is 234 g/mol. The monoisotopic (exact) mass is 249 g/mol. The van der Waals surface area contributed by atoms with E-state index in [4.69, 9.17) is 5.73 Å². The van der Waals surface area contributed by atoms with E-state index >= 15 is 0 Å². The number of rotatable bonds is 5. The average Bonchev–Trinajstić information content (AvgIpc) is 2.34. The normalized spacial score (nSPS) is 9.61. The van der Waals surface area contributed by atoms with Gasteiger partial charge < -0.3 is 16.4 Å². The van der Waals surface area contributed by atoms with Gasteiger partial charge in [0, 0.05) is 20.0 Å². The highest BCUT2D eigenvalue weighted by Gasteiger charge is 2.13. The molecule has 0 spiro atoms. The van der Waals surface area contributed by atoms with Crippen LogP contribution in [0.15, 0.2) is 24.3 Å². The van der Waals surface area contributed by atoms with Crippen LogP contribution in [0.25, 0.3) is 0 Å². The van der Waals surface area contributed by atoms with E-state index in [1.165, 1.54) is 19.1 Å². The molecule has 0 heterocycles. The zero-order valence-electron chi connectivity index (χ0n) is 10.0. The number of primary amides is 1. The fourth-order valence-electron chi connectivity index (χ4n) is 1.41. The van der Waals surface area contributed by atoms with Gasteiger partial charge in [0.1, 0.15) is 0 Å². The molecule has 0 unspecified atom stereocenters. The Morgan fingerprint density at radius 2 is 1.61 bits per heavy atom. The van der Waals surface area contributed by atoms with E-state index in [1.807, 2.05) is 0 Å². The third-order valence-electron chi connectivity index (χ3n) is 2.22. The number of carbonyl (C=O) groups excluding carboxylic acids is 3. The van der Waals surface area contributed by atoms with Gasteiger partial charge in [-0.2, -0.15) is 0 Å². The maximum atomic E-state index is 11.8. The van der Waals surface area contributed by atoms with Crippen molar-refractivity contribution < 1.29 is 14.4 Å². The van der Waals surface area contributed by atoms with Crippen molar-refractivity contribution in [2.75, 3.05) is 13.1 Å². The van der Waals surface area contributed by atoms with E-state index in [0.29, 0.717) is 6.54 Å². The molecule has 0 fully saturated rings. The van der Waals surface area contributed by atoms with Crippen molar-refractivity contribution in [3.05, 3.63) is 35.4 Å². The second kappa shape index (κ2) is 6.39. The Bertz CT molecular complexity index is 471. The minimum absolute atomic E-state index is 0.165. The van der Waals surface area contributed by atoms with Crippen LogP contribution in [0.3, 0.4) is 0 Å². The van der Waals surface area contributed by atoms with Crippen molar-refractivity contribution in [3.8, 4) is 0 Å². The molecule has 4 N–H and O–H groups in total. The van der Waals surface area contributed by atoms with Gasteiger partial charge in [-0.15, -0.1) is 0 Å². The van der Waals surface area contributed by atoms with Crippen molar-refractivity contribution in [1.82, 2.24) is 10.6 Å². The molecule has 0 aliphatic carbocycles. The van der Waals surface area contributed by atoms with Crippen LogP contribution in [0, 0.1) is 0 Å². The first-order valence-corrected chi connectivity index (χ1v) is 5.44. The Hall–Kier alpha value is -2.37. The number of carbonyl (C=O) groups is 3. The van der Waals surface area contributed by atoms with Crippen molar-refractivity contribution in [3.63, 3.8) is 0 Å². The van der Waals surface area contributed by atoms with E-state index in [9.17, 15) is 14.4 Å². The topological polar surface area (TPSA) is 101 Å². The lowest BCUT2D eigenvalue weighted by atomic mass is 10.1. The summed E-state index contributed by atoms with van der Waals surface area (Å²) in [6, 6.07) is 6.29. The Labute approximate surface area is 105 Å². The number of hydrogen-bond acceptors (Lipinski definition) is 3. The lowest BCUT2D eigenvalue weighted by molar-refractivity contribution is -0.118. The highest BCUT2D eigenvalue weighted by atomic mass is 16.2. The summed E-state index contributed by atoms with van der Waals surface area (Å²) in [7, 11) is 0. The van der Waals surface area contributed by atoms with Gasteiger partial charge in [-0.1, -0.05) is 12.1 Å². The number of amides is 3. The van der Waals surface area contributed by atoms with Crippen LogP contribution >= 0.6 is 0 Å². The van der Waals surface area contributed by atoms with Crippen LogP contribution in [0.4, 0.5) is 0 Å². The maximum absolute atomic E-state index is 11.8. The summed E-state index contributed by atoms with van der Waals surface area (Å²) in [6.07, 6.45) is 0. The van der Waals surface area contributed by atoms with Gasteiger partial charge >= 0.3 is 0 Å². The number of benzene rings is 1. The fourth-order valence-corrected chi connectivity index (χ4v) is 1.41. The molecule has 0 saturated carbocycles. The summed E-state index contributed by atoms with van der Waals surface area (Å²) in [5, 5.41) is 5.13. The van der Waals surface area contributed by atoms with Crippen molar-refractivity contribution in [2.24, 2.45) is 5.73 Å². The van der Waals surface area contributed by atoms with E-state index < -0.39 is 11.8 Å². The largest absolute Gasteiger partial charge is 0.366 e. The molecule has 0 atom stereocenters. The van der Waals surface area contributed by atoms with E-state index in [1.54, 1.807) is 12.1 Å². The molecule has 1 aromatic rings. The molecule has 0 aromatic heterocycles. The molecule has 0 aliphatic heterocycles. The molecular formula is C12H15N3O3. The van der Waals surface area contributed by atoms with Gasteiger partial charge in [0.2, 0.25) is 11.8 Å². The molecule has 0 radical (unpaired) electrons. The smallest absolute Gasteiger partial charge is 0.252 e. The van der Waals surface area contributed by atoms with E-state index in [0.717, 1.165) is 0 Å². The third kappa shape index (κ3) is 3.89. The molecule has 96 valence electrons. The Balaban J connectivity index is 2.61. The molecule has 0 saturated heterocycles. The molecule has 18 heavy (non-hydrogen) atoms. The van der Waals surface area contributed by atoms with Crippen LogP contribution in [-0.2, 0) is 4.79 Å². The van der Waals surface area contributed by atoms with Crippen LogP contribution in [-0.4, -0.2) is 30.8 Å². The summed E-state index contributed by atoms with van der Waals surface area (Å²) in [5.41, 5.74) is 5.58. The highest BCUT2D eigenvalue weighted by Crippen LogP contribution is 2.07. The summed E-state index contributed by atoms with van der Waals surface area (Å²) in [4.78, 5) is 33.5. The van der Waals surface area contributed by atoms with Gasteiger partial charge in [-0.25, -0.2) is 0 Å². The molecule has 1 rings (SSSR count). The molecule has 1 aromatic carbocycles. The van der Waals surface area contributed by atoms with Gasteiger partial charge in [0.15, 0.2) is 0 Å². The number of nitrogens with two attached hydrogens (primary N) is 1. The first kappa shape index (κ1) is 13.7. The van der Waals surface area contributed by atoms with Crippen LogP contribution < -0.4 is 16.4 Å². The minimum atomic E-state index is -0.650. The zero-order chi connectivity index (χ0) is 13.5. The maximum Gasteiger partial charge on any atom is 0.252 e. The molecule has 6 heteroatoms. The molecule has 3 amide bonds. The van der Waals surface area contributed by atoms with Crippen molar-refractivity contribution >= 4 is 17.7 Å². The summed E-state index contributed by atoms with van der Waals surface area (Å²) in [6.45, 7) is 2.01. The zero-order valence-corrected chi connectivity index (χ0v) is 10.0. The molecule has 0 aliphatic rings. The predicted octanol–water partition coefficient (Wildman–Crippen LogP) is -0.349. The summed E-state index contributed by atoms with van der Waals surface area (Å²) >= 11 is 0. The second-order valence-corrected chi connectivity index (χ2v) is 3.65. The number of hydrogen-bond donors (Lipinski definition) is 3. The summed E-state index contributed by atoms with van der Waals surface area (Å²) < 4.78 is 0. The quantitative estimate of drug-likeness (QED) is 0.622. The molecule has 0 bridgehead atoms. The first-order chi connectivity index (χ1) is 8.52. The molecule has 6 nitrogen and oxygen atoms in total. The van der Waals surface area contributed by atoms with E-state index in [-0.39, 0.29) is 23.6 Å². The van der Waals surface area contributed by atoms with Gasteiger partial charge in [-0.05, 0) is 12.1 Å². The highest BCUT2D eigenvalue weighted by molar-refractivity contribution is 6.06. The van der Waals surface area contributed by atoms with E-state index in [2.05, 4.69) is 10.6 Å². The minimum Gasteiger partial charge on any atom is -0.366 e. The summed E-state index contributed by atoms with van der Waals surface area (Å²) in [5.74, 6) is -1.21. The van der Waals surface area contributed by atoms with Crippen molar-refractivity contribution in [1.29, 1.82) is 0 Å². The average molecular weight is 249 g/mol. The fraction of sp³-hybridized carbons (Fsp3) is 0.250. The predicted molar refractivity (Wildman–Crippen MR) is 66.0 cm³/mol. The Morgan fingerprint density at radius 1 is 1.06 bits per heavy atom. The van der Waals surface area contributed by atoms with Gasteiger partial charge in [0.25, 0.3) is 5.91 Å². The lowest BCUT2D eigenvalue weighted by Crippen LogP contribution is -2.34. The third-order valence-corrected chi connectivity index (χ3v) is 2.22. The first-order valence-electron chi connectivity index (χ1n) is 5.44. The van der Waals surface area contributed by atoms with Gasteiger partial charge in [-0.3, -0.25) is 14.4 Å². The second-order valence-electron chi connectivity index (χ2n) is 3.65. The number of nitrogens with one attached hydrogen (secondary N) is 2. The van der Waals surface area contributed by atoms with Gasteiger partial charge in [0.05, 0.1) is 11.1 Å². The van der Waals surface area contributed by atoms with Crippen LogP contribution in [0.2, 0.25) is 0 Å². The Kier molecular flexibility index (Phi) is 4.86. The van der Waals surface area contributed by atoms with Crippen LogP contribution in [0.5, 0.6) is 0 Å². The SMILES string of the molecule is CC(=O)NCCNC(=O)c1ccccc1C(N)=O. The standard InChI is InChI=1S/C12H15N3O3/c1-8(16)14-6-7-15-12(18)10-5-3-2-4-9(10)11(13)17/h2-5H,6-7H2,1H3,(H2,13,17)(H,14,16)(H,15,18).